The average molecular weight is 1160 g/mol. The first-order chi connectivity index (χ1) is 39.2. The molecule has 1 unspecified atom stereocenters. The second-order valence-corrected chi connectivity index (χ2v) is 22.7. The van der Waals surface area contributed by atoms with Crippen LogP contribution in [0.1, 0.15) is 48.1 Å². The Kier molecular flexibility index (Phi) is 19.5. The summed E-state index contributed by atoms with van der Waals surface area (Å²) in [7, 11) is 1.40. The number of aromatic nitrogens is 2. The summed E-state index contributed by atoms with van der Waals surface area (Å²) in [4.78, 5) is 110. The summed E-state index contributed by atoms with van der Waals surface area (Å²) >= 11 is 0. The number of pyridine rings is 2. The van der Waals surface area contributed by atoms with Crippen molar-refractivity contribution in [3.05, 3.63) is 98.6 Å². The maximum absolute atomic E-state index is 15.3. The minimum absolute atomic E-state index is 0.00140. The normalized spacial score (nSPS) is 18.3. The highest BCUT2D eigenvalue weighted by atomic mass is 31.2. The van der Waals surface area contributed by atoms with Crippen molar-refractivity contribution >= 4 is 65.6 Å². The van der Waals surface area contributed by atoms with Gasteiger partial charge in [-0.3, -0.25) is 47.9 Å². The summed E-state index contributed by atoms with van der Waals surface area (Å²) in [6.45, 7) is 6.41. The molecule has 1 saturated heterocycles. The summed E-state index contributed by atoms with van der Waals surface area (Å²) in [6.07, 6.45) is 2.25. The van der Waals surface area contributed by atoms with Gasteiger partial charge < -0.3 is 54.4 Å². The second-order valence-electron chi connectivity index (χ2n) is 20.6. The lowest BCUT2D eigenvalue weighted by Gasteiger charge is -2.42. The zero-order valence-electron chi connectivity index (χ0n) is 46.3. The van der Waals surface area contributed by atoms with E-state index in [1.54, 1.807) is 35.8 Å². The first-order valence-electron chi connectivity index (χ1n) is 26.8. The number of amides is 6. The topological polar surface area (TPSA) is 319 Å². The molecule has 82 heavy (non-hydrogen) atoms. The van der Waals surface area contributed by atoms with Gasteiger partial charge in [-0.15, -0.1) is 0 Å². The van der Waals surface area contributed by atoms with E-state index in [9.17, 15) is 48.0 Å². The summed E-state index contributed by atoms with van der Waals surface area (Å²) in [5, 5.41) is 30.2. The fourth-order valence-corrected chi connectivity index (χ4v) is 11.6. The second kappa shape index (κ2) is 26.3. The number of carbonyl (C=O) groups is 7. The molecule has 0 radical (unpaired) electrons. The number of nitrogens with one attached hydrogen (secondary N) is 7. The molecular formula is C54H69FN12O14P+. The van der Waals surface area contributed by atoms with Crippen LogP contribution in [-0.2, 0) is 84.2 Å². The van der Waals surface area contributed by atoms with Crippen LogP contribution >= 0.6 is 7.59 Å². The van der Waals surface area contributed by atoms with Crippen molar-refractivity contribution in [3.8, 4) is 17.1 Å². The number of anilines is 1. The minimum atomic E-state index is -3.69. The molecule has 8 rings (SSSR count). The first kappa shape index (κ1) is 60.8. The van der Waals surface area contributed by atoms with Crippen LogP contribution in [0.25, 0.3) is 22.3 Å². The number of quaternary nitrogens is 1. The monoisotopic (exact) mass is 1160 g/mol. The Balaban J connectivity index is 0.782. The van der Waals surface area contributed by atoms with Gasteiger partial charge in [-0.1, -0.05) is 19.1 Å². The predicted molar refractivity (Wildman–Crippen MR) is 295 cm³/mol. The molecule has 4 aromatic rings. The lowest BCUT2D eigenvalue weighted by molar-refractivity contribution is -0.926. The van der Waals surface area contributed by atoms with Gasteiger partial charge in [0.2, 0.25) is 23.6 Å². The lowest BCUT2D eigenvalue weighted by atomic mass is 9.86. The van der Waals surface area contributed by atoms with Crippen molar-refractivity contribution in [3.63, 3.8) is 0 Å². The van der Waals surface area contributed by atoms with Gasteiger partial charge >= 0.3 is 5.97 Å². The molecule has 4 aliphatic heterocycles. The molecule has 6 heterocycles. The van der Waals surface area contributed by atoms with E-state index < -0.39 is 86.1 Å². The highest BCUT2D eigenvalue weighted by Gasteiger charge is 2.46. The van der Waals surface area contributed by atoms with Gasteiger partial charge in [0.1, 0.15) is 19.2 Å². The molecule has 0 aliphatic carbocycles. The zero-order chi connectivity index (χ0) is 58.9. The number of ether oxygens (including phenoxy) is 4. The van der Waals surface area contributed by atoms with Crippen LogP contribution in [-0.4, -0.2) is 183 Å². The molecule has 2 aromatic heterocycles. The van der Waals surface area contributed by atoms with Crippen LogP contribution < -0.4 is 46.8 Å². The molecule has 26 nitrogen and oxygen atoms in total. The highest BCUT2D eigenvalue weighted by molar-refractivity contribution is 7.57. The number of cyclic esters (lactones) is 1. The minimum Gasteiger partial charge on any atom is -0.494 e. The quantitative estimate of drug-likeness (QED) is 0.0111. The average Bonchev–Trinajstić information content (AvgIpc) is 1.98. The van der Waals surface area contributed by atoms with Crippen molar-refractivity contribution in [2.75, 3.05) is 112 Å². The maximum atomic E-state index is 15.3. The molecule has 0 bridgehead atoms. The number of benzene rings is 2. The molecule has 2 aromatic carbocycles. The number of likely N-dealkylation sites (N-methyl/N-ethyl adjacent to an activating group) is 1. The van der Waals surface area contributed by atoms with Gasteiger partial charge in [0, 0.05) is 92.4 Å². The number of halogens is 1. The Labute approximate surface area is 471 Å². The van der Waals surface area contributed by atoms with Crippen molar-refractivity contribution in [1.82, 2.24) is 50.6 Å². The van der Waals surface area contributed by atoms with Crippen LogP contribution in [0.4, 0.5) is 10.1 Å². The SMILES string of the molecule is CC[C@@]1(O)C(=O)OCc2c1cc1n(c2=O)Cc2c-1nc1cc(F)c(OC)cc1c2CN1CC[N+](C)(Cc2ccc(NC(=O)[C@H](C)NC(=O)CNC(=O)CNC(=O)CNP(=O)(NCCOCCOC)NCCN3C(=O)C=CC3=O)cc2)CC1. The fourth-order valence-electron chi connectivity index (χ4n) is 10.1. The van der Waals surface area contributed by atoms with E-state index in [2.05, 4.69) is 48.5 Å². The van der Waals surface area contributed by atoms with Crippen LogP contribution in [0.2, 0.25) is 0 Å². The van der Waals surface area contributed by atoms with E-state index in [4.69, 9.17) is 23.9 Å². The van der Waals surface area contributed by atoms with E-state index >= 15 is 4.39 Å². The van der Waals surface area contributed by atoms with E-state index in [0.29, 0.717) is 71.9 Å². The third-order valence-electron chi connectivity index (χ3n) is 14.9. The number of methoxy groups -OCH3 is 2. The molecule has 4 aliphatic rings. The standard InChI is InChI=1S/C54H68FN12O14P/c1-6-54(76)40-24-43-50-38(30-66(43)52(74)39(40)32-81-53(54)75)37(36-23-44(79-5)41(55)25-42(36)63-50)29-64-16-18-67(3,19-17-64)31-34-7-9-35(10-8-34)62-51(73)33(2)61-47(70)27-57-45(68)26-56-46(69)28-60-82(77,59-14-20-80-22-21-78-4)58-13-15-65-48(71)11-12-49(65)72/h7-12,23-25,33,76H,6,13-22,26-32H2,1-5H3,(H6-,56,57,58,59,60,61,62,68,69,70,73,77)/p+1/t33-,54-,82?/m0/s1. The number of hydrogen-bond donors (Lipinski definition) is 8. The highest BCUT2D eigenvalue weighted by Crippen LogP contribution is 2.42. The molecule has 0 spiro atoms. The number of hydrogen-bond acceptors (Lipinski definition) is 16. The van der Waals surface area contributed by atoms with Crippen molar-refractivity contribution in [2.24, 2.45) is 0 Å². The molecule has 440 valence electrons. The van der Waals surface area contributed by atoms with Gasteiger partial charge in [-0.05, 0) is 43.2 Å². The van der Waals surface area contributed by atoms with Gasteiger partial charge in [-0.25, -0.2) is 29.4 Å². The fraction of sp³-hybridized carbons (Fsp3) is 0.463. The summed E-state index contributed by atoms with van der Waals surface area (Å²) < 4.78 is 52.1. The number of rotatable bonds is 27. The Morgan fingerprint density at radius 2 is 1.57 bits per heavy atom. The van der Waals surface area contributed by atoms with E-state index in [-0.39, 0.29) is 68.2 Å². The molecule has 6 amide bonds. The number of aliphatic hydroxyl groups is 1. The number of piperazine rings is 1. The molecule has 28 heteroatoms. The summed E-state index contributed by atoms with van der Waals surface area (Å²) in [5.74, 6) is -4.95. The van der Waals surface area contributed by atoms with E-state index in [1.165, 1.54) is 27.2 Å². The van der Waals surface area contributed by atoms with Crippen molar-refractivity contribution < 1.29 is 71.1 Å². The van der Waals surface area contributed by atoms with Crippen LogP contribution in [0.15, 0.2) is 59.4 Å². The van der Waals surface area contributed by atoms with Gasteiger partial charge in [0.25, 0.3) is 25.0 Å². The molecular weight excluding hydrogens is 1090 g/mol. The number of carbonyl (C=O) groups excluding carboxylic acids is 7. The smallest absolute Gasteiger partial charge is 0.343 e. The lowest BCUT2D eigenvalue weighted by Crippen LogP contribution is -2.56. The third kappa shape index (κ3) is 14.1. The molecule has 8 N–H and O–H groups in total. The third-order valence-corrected chi connectivity index (χ3v) is 16.8. The van der Waals surface area contributed by atoms with E-state index in [1.807, 2.05) is 12.1 Å². The van der Waals surface area contributed by atoms with Crippen molar-refractivity contribution in [1.29, 1.82) is 0 Å². The summed E-state index contributed by atoms with van der Waals surface area (Å²) in [5.41, 5.74) is 2.50. The van der Waals surface area contributed by atoms with Gasteiger partial charge in [0.15, 0.2) is 17.2 Å². The Morgan fingerprint density at radius 3 is 2.26 bits per heavy atom. The van der Waals surface area contributed by atoms with Gasteiger partial charge in [0.05, 0.1) is 95.7 Å². The Bertz CT molecular complexity index is 3260. The number of imide groups is 1. The maximum Gasteiger partial charge on any atom is 0.343 e. The number of esters is 1. The Morgan fingerprint density at radius 1 is 0.890 bits per heavy atom. The molecule has 0 saturated carbocycles. The Hall–Kier alpha value is -7.33. The zero-order valence-corrected chi connectivity index (χ0v) is 47.2. The molecule has 1 fully saturated rings. The van der Waals surface area contributed by atoms with Crippen LogP contribution in [0.3, 0.4) is 0 Å². The van der Waals surface area contributed by atoms with Crippen LogP contribution in [0.5, 0.6) is 5.75 Å². The number of fused-ring (bicyclic) bond motifs is 5. The summed E-state index contributed by atoms with van der Waals surface area (Å²) in [6, 6.07) is 11.0. The predicted octanol–water partition coefficient (Wildman–Crippen LogP) is -0.170. The number of nitrogens with zero attached hydrogens (tertiary/aromatic N) is 5. The van der Waals surface area contributed by atoms with Crippen LogP contribution in [0, 0.1) is 5.82 Å². The van der Waals surface area contributed by atoms with E-state index in [0.717, 1.165) is 46.8 Å². The first-order valence-corrected chi connectivity index (χ1v) is 28.5. The largest absolute Gasteiger partial charge is 0.494 e. The molecule has 3 atom stereocenters. The van der Waals surface area contributed by atoms with Crippen molar-refractivity contribution in [2.45, 2.75) is 58.2 Å². The van der Waals surface area contributed by atoms with Gasteiger partial charge in [-0.2, -0.15) is 0 Å².